The number of aliphatic imine (C=N–C) groups is 1. The van der Waals surface area contributed by atoms with Crippen LogP contribution in [0, 0.1) is 5.82 Å². The molecule has 0 aliphatic carbocycles. The lowest BCUT2D eigenvalue weighted by atomic mass is 10.1. The van der Waals surface area contributed by atoms with E-state index in [0.717, 1.165) is 51.5 Å². The van der Waals surface area contributed by atoms with E-state index in [1.807, 2.05) is 0 Å². The summed E-state index contributed by atoms with van der Waals surface area (Å²) in [6, 6.07) is 6.09. The first-order chi connectivity index (χ1) is 13.3. The minimum atomic E-state index is -0.256. The maximum atomic E-state index is 12.9. The van der Waals surface area contributed by atoms with E-state index >= 15 is 0 Å². The molecule has 2 fully saturated rings. The molecule has 1 aromatic rings. The number of hydrogen-bond donors (Lipinski definition) is 1. The number of ether oxygens (including phenoxy) is 3. The molecule has 0 bridgehead atoms. The smallest absolute Gasteiger partial charge is 0.194 e. The Morgan fingerprint density at radius 1 is 1.25 bits per heavy atom. The van der Waals surface area contributed by atoms with Crippen LogP contribution in [-0.2, 0) is 9.47 Å². The first kappa shape index (κ1) is 23.2. The van der Waals surface area contributed by atoms with E-state index in [2.05, 4.69) is 17.1 Å². The normalized spacial score (nSPS) is 22.6. The molecule has 158 valence electrons. The molecular formula is C20H31FIN3O3. The van der Waals surface area contributed by atoms with Gasteiger partial charge in [-0.3, -0.25) is 4.99 Å². The van der Waals surface area contributed by atoms with E-state index in [0.29, 0.717) is 25.5 Å². The minimum Gasteiger partial charge on any atom is -0.494 e. The Hall–Kier alpha value is -1.13. The van der Waals surface area contributed by atoms with Crippen LogP contribution >= 0.6 is 24.0 Å². The molecule has 0 spiro atoms. The van der Waals surface area contributed by atoms with Gasteiger partial charge in [0.2, 0.25) is 0 Å². The van der Waals surface area contributed by atoms with Crippen molar-refractivity contribution in [3.05, 3.63) is 30.1 Å². The van der Waals surface area contributed by atoms with E-state index in [1.165, 1.54) is 12.1 Å². The molecular weight excluding hydrogens is 476 g/mol. The molecule has 0 amide bonds. The third-order valence-corrected chi connectivity index (χ3v) is 4.75. The number of nitrogens with one attached hydrogen (secondary N) is 1. The van der Waals surface area contributed by atoms with Gasteiger partial charge in [0, 0.05) is 39.2 Å². The minimum absolute atomic E-state index is 0. The largest absolute Gasteiger partial charge is 0.494 e. The molecule has 2 atom stereocenters. The van der Waals surface area contributed by atoms with Gasteiger partial charge in [-0.1, -0.05) is 0 Å². The summed E-state index contributed by atoms with van der Waals surface area (Å²) in [7, 11) is 0. The lowest BCUT2D eigenvalue weighted by molar-refractivity contribution is -0.0817. The molecule has 1 N–H and O–H groups in total. The number of hydrogen-bond acceptors (Lipinski definition) is 4. The van der Waals surface area contributed by atoms with E-state index in [9.17, 15) is 4.39 Å². The lowest BCUT2D eigenvalue weighted by Crippen LogP contribution is -2.53. The molecule has 6 nitrogen and oxygen atoms in total. The van der Waals surface area contributed by atoms with Crippen molar-refractivity contribution in [3.8, 4) is 5.75 Å². The third-order valence-electron chi connectivity index (χ3n) is 4.75. The average molecular weight is 507 g/mol. The van der Waals surface area contributed by atoms with Crippen molar-refractivity contribution in [2.24, 2.45) is 4.99 Å². The molecule has 28 heavy (non-hydrogen) atoms. The SMILES string of the molecule is CCNC(=NCCCOc1ccc(F)cc1)N1CCOC(C2CCCO2)C1.I. The van der Waals surface area contributed by atoms with Crippen LogP contribution in [0.5, 0.6) is 5.75 Å². The molecule has 1 aromatic carbocycles. The van der Waals surface area contributed by atoms with E-state index in [1.54, 1.807) is 12.1 Å². The van der Waals surface area contributed by atoms with Crippen LogP contribution in [0.1, 0.15) is 26.2 Å². The van der Waals surface area contributed by atoms with Crippen LogP contribution in [0.15, 0.2) is 29.3 Å². The molecule has 8 heteroatoms. The second kappa shape index (κ2) is 12.4. The summed E-state index contributed by atoms with van der Waals surface area (Å²) >= 11 is 0. The van der Waals surface area contributed by atoms with E-state index < -0.39 is 0 Å². The van der Waals surface area contributed by atoms with Gasteiger partial charge in [0.15, 0.2) is 5.96 Å². The van der Waals surface area contributed by atoms with Crippen LogP contribution in [-0.4, -0.2) is 69.1 Å². The van der Waals surface area contributed by atoms with Crippen LogP contribution < -0.4 is 10.1 Å². The van der Waals surface area contributed by atoms with E-state index in [-0.39, 0.29) is 42.0 Å². The average Bonchev–Trinajstić information content (AvgIpc) is 3.23. The molecule has 0 radical (unpaired) electrons. The third kappa shape index (κ3) is 7.04. The summed E-state index contributed by atoms with van der Waals surface area (Å²) < 4.78 is 30.2. The van der Waals surface area contributed by atoms with Gasteiger partial charge in [-0.15, -0.1) is 24.0 Å². The highest BCUT2D eigenvalue weighted by molar-refractivity contribution is 14.0. The van der Waals surface area contributed by atoms with Gasteiger partial charge in [0.25, 0.3) is 0 Å². The Kier molecular flexibility index (Phi) is 10.3. The fraction of sp³-hybridized carbons (Fsp3) is 0.650. The molecule has 2 aliphatic rings. The maximum absolute atomic E-state index is 12.9. The zero-order valence-electron chi connectivity index (χ0n) is 16.4. The number of guanidine groups is 1. The van der Waals surface area contributed by atoms with Crippen molar-refractivity contribution in [3.63, 3.8) is 0 Å². The number of nitrogens with zero attached hydrogens (tertiary/aromatic N) is 2. The van der Waals surface area contributed by atoms with Crippen molar-refractivity contribution < 1.29 is 18.6 Å². The first-order valence-electron chi connectivity index (χ1n) is 9.91. The Morgan fingerprint density at radius 2 is 2.04 bits per heavy atom. The van der Waals surface area contributed by atoms with E-state index in [4.69, 9.17) is 19.2 Å². The standard InChI is InChI=1S/C20H30FN3O3.HI/c1-2-22-20(23-10-4-13-25-17-8-6-16(21)7-9-17)24-11-14-27-19(15-24)18-5-3-12-26-18;/h6-9,18-19H,2-5,10-15H2,1H3,(H,22,23);1H. The molecule has 0 aromatic heterocycles. The molecule has 3 rings (SSSR count). The second-order valence-corrected chi connectivity index (χ2v) is 6.80. The summed E-state index contributed by atoms with van der Waals surface area (Å²) in [6.07, 6.45) is 3.32. The predicted octanol–water partition coefficient (Wildman–Crippen LogP) is 3.06. The summed E-state index contributed by atoms with van der Waals surface area (Å²) in [5, 5.41) is 3.38. The summed E-state index contributed by atoms with van der Waals surface area (Å²) in [5.74, 6) is 1.35. The molecule has 0 saturated carbocycles. The van der Waals surface area contributed by atoms with Crippen molar-refractivity contribution >= 4 is 29.9 Å². The van der Waals surface area contributed by atoms with Crippen molar-refractivity contribution in [1.82, 2.24) is 10.2 Å². The summed E-state index contributed by atoms with van der Waals surface area (Å²) in [6.45, 7) is 7.30. The van der Waals surface area contributed by atoms with Gasteiger partial charge in [-0.05, 0) is 44.0 Å². The topological polar surface area (TPSA) is 55.3 Å². The second-order valence-electron chi connectivity index (χ2n) is 6.80. The zero-order chi connectivity index (χ0) is 18.9. The summed E-state index contributed by atoms with van der Waals surface area (Å²) in [5.41, 5.74) is 0. The van der Waals surface area contributed by atoms with Crippen LogP contribution in [0.4, 0.5) is 4.39 Å². The number of benzene rings is 1. The Morgan fingerprint density at radius 3 is 2.75 bits per heavy atom. The predicted molar refractivity (Wildman–Crippen MR) is 118 cm³/mol. The Bertz CT molecular complexity index is 597. The van der Waals surface area contributed by atoms with Crippen LogP contribution in [0.3, 0.4) is 0 Å². The highest BCUT2D eigenvalue weighted by atomic mass is 127. The van der Waals surface area contributed by atoms with Gasteiger partial charge in [-0.25, -0.2) is 4.39 Å². The maximum Gasteiger partial charge on any atom is 0.194 e. The lowest BCUT2D eigenvalue weighted by Gasteiger charge is -2.37. The van der Waals surface area contributed by atoms with Gasteiger partial charge < -0.3 is 24.4 Å². The van der Waals surface area contributed by atoms with Gasteiger partial charge in [0.05, 0.1) is 19.3 Å². The Labute approximate surface area is 183 Å². The molecule has 2 saturated heterocycles. The molecule has 2 aliphatic heterocycles. The van der Waals surface area contributed by atoms with Crippen molar-refractivity contribution in [2.45, 2.75) is 38.4 Å². The van der Waals surface area contributed by atoms with Gasteiger partial charge in [-0.2, -0.15) is 0 Å². The fourth-order valence-corrected chi connectivity index (χ4v) is 3.38. The quantitative estimate of drug-likeness (QED) is 0.266. The number of rotatable bonds is 7. The molecule has 2 unspecified atom stereocenters. The zero-order valence-corrected chi connectivity index (χ0v) is 18.8. The van der Waals surface area contributed by atoms with Crippen molar-refractivity contribution in [1.29, 1.82) is 0 Å². The highest BCUT2D eigenvalue weighted by Crippen LogP contribution is 2.21. The fourth-order valence-electron chi connectivity index (χ4n) is 3.38. The van der Waals surface area contributed by atoms with Crippen LogP contribution in [0.25, 0.3) is 0 Å². The highest BCUT2D eigenvalue weighted by Gasteiger charge is 2.32. The van der Waals surface area contributed by atoms with Gasteiger partial charge in [0.1, 0.15) is 17.7 Å². The monoisotopic (exact) mass is 507 g/mol. The van der Waals surface area contributed by atoms with Crippen molar-refractivity contribution in [2.75, 3.05) is 46.0 Å². The summed E-state index contributed by atoms with van der Waals surface area (Å²) in [4.78, 5) is 7.00. The number of morpholine rings is 1. The molecule has 2 heterocycles. The first-order valence-corrected chi connectivity index (χ1v) is 9.91. The Balaban J connectivity index is 0.00000280. The van der Waals surface area contributed by atoms with Gasteiger partial charge >= 0.3 is 0 Å². The van der Waals surface area contributed by atoms with Crippen LogP contribution in [0.2, 0.25) is 0 Å². The number of halogens is 2.